The van der Waals surface area contributed by atoms with Gasteiger partial charge in [-0.05, 0) is 19.1 Å². The van der Waals surface area contributed by atoms with Crippen LogP contribution in [0.25, 0.3) is 17.0 Å². The minimum Gasteiger partial charge on any atom is -0.323 e. The second-order valence-electron chi connectivity index (χ2n) is 4.32. The highest BCUT2D eigenvalue weighted by atomic mass is 15.3. The maximum absolute atomic E-state index is 6.01. The highest BCUT2D eigenvalue weighted by molar-refractivity contribution is 5.60. The lowest BCUT2D eigenvalue weighted by Crippen LogP contribution is -2.10. The van der Waals surface area contributed by atoms with Crippen LogP contribution in [0, 0.1) is 0 Å². The predicted octanol–water partition coefficient (Wildman–Crippen LogP) is 2.42. The number of nitrogens with zero attached hydrogens (tertiary/aromatic N) is 3. The molecular weight excluding hydrogens is 224 g/mol. The van der Waals surface area contributed by atoms with E-state index in [0.29, 0.717) is 0 Å². The van der Waals surface area contributed by atoms with Gasteiger partial charge >= 0.3 is 0 Å². The van der Waals surface area contributed by atoms with E-state index in [1.54, 1.807) is 0 Å². The third kappa shape index (κ3) is 1.67. The molecule has 90 valence electrons. The first kappa shape index (κ1) is 10.9. The first-order chi connectivity index (χ1) is 8.77. The Balaban J connectivity index is 2.31. The second kappa shape index (κ2) is 4.23. The van der Waals surface area contributed by atoms with Gasteiger partial charge in [-0.1, -0.05) is 36.4 Å². The van der Waals surface area contributed by atoms with Crippen LogP contribution in [-0.4, -0.2) is 14.6 Å². The Hall–Kier alpha value is -2.20. The summed E-state index contributed by atoms with van der Waals surface area (Å²) in [7, 11) is 0. The summed E-state index contributed by atoms with van der Waals surface area (Å²) in [5, 5.41) is 8.46. The smallest absolute Gasteiger partial charge is 0.168 e. The van der Waals surface area contributed by atoms with Crippen LogP contribution in [0.5, 0.6) is 0 Å². The number of aromatic nitrogens is 3. The molecule has 0 saturated carbocycles. The van der Waals surface area contributed by atoms with Gasteiger partial charge in [-0.3, -0.25) is 4.40 Å². The van der Waals surface area contributed by atoms with Crippen molar-refractivity contribution in [1.82, 2.24) is 14.6 Å². The third-order valence-electron chi connectivity index (χ3n) is 2.96. The lowest BCUT2D eigenvalue weighted by molar-refractivity contribution is 0.764. The lowest BCUT2D eigenvalue weighted by atomic mass is 10.2. The van der Waals surface area contributed by atoms with Gasteiger partial charge in [0, 0.05) is 17.3 Å². The summed E-state index contributed by atoms with van der Waals surface area (Å²) >= 11 is 0. The van der Waals surface area contributed by atoms with Crippen LogP contribution in [0.4, 0.5) is 0 Å². The maximum atomic E-state index is 6.01. The van der Waals surface area contributed by atoms with Gasteiger partial charge in [0.25, 0.3) is 0 Å². The average molecular weight is 238 g/mol. The normalized spacial score (nSPS) is 12.8. The molecule has 2 heterocycles. The van der Waals surface area contributed by atoms with E-state index >= 15 is 0 Å². The molecule has 18 heavy (non-hydrogen) atoms. The van der Waals surface area contributed by atoms with Crippen LogP contribution in [0.3, 0.4) is 0 Å². The van der Waals surface area contributed by atoms with Gasteiger partial charge in [0.15, 0.2) is 11.5 Å². The maximum Gasteiger partial charge on any atom is 0.168 e. The van der Waals surface area contributed by atoms with E-state index in [9.17, 15) is 0 Å². The molecule has 4 nitrogen and oxygen atoms in total. The number of hydrogen-bond acceptors (Lipinski definition) is 3. The van der Waals surface area contributed by atoms with Crippen molar-refractivity contribution in [2.45, 2.75) is 13.0 Å². The number of benzene rings is 1. The number of nitrogens with two attached hydrogens (primary N) is 1. The number of pyridine rings is 1. The first-order valence-corrected chi connectivity index (χ1v) is 5.92. The van der Waals surface area contributed by atoms with Crippen molar-refractivity contribution in [2.75, 3.05) is 0 Å². The first-order valence-electron chi connectivity index (χ1n) is 5.92. The Morgan fingerprint density at radius 2 is 1.78 bits per heavy atom. The average Bonchev–Trinajstić information content (AvgIpc) is 2.83. The van der Waals surface area contributed by atoms with Crippen molar-refractivity contribution < 1.29 is 0 Å². The molecule has 0 aliphatic carbocycles. The van der Waals surface area contributed by atoms with Gasteiger partial charge in [-0.25, -0.2) is 0 Å². The van der Waals surface area contributed by atoms with E-state index < -0.39 is 0 Å². The molecule has 0 radical (unpaired) electrons. The van der Waals surface area contributed by atoms with Crippen LogP contribution in [-0.2, 0) is 0 Å². The fourth-order valence-corrected chi connectivity index (χ4v) is 2.10. The fourth-order valence-electron chi connectivity index (χ4n) is 2.10. The SMILES string of the molecule is CC(N)c1cccc2nnc(-c3ccccc3)n12. The summed E-state index contributed by atoms with van der Waals surface area (Å²) in [4.78, 5) is 0. The Morgan fingerprint density at radius 1 is 1.00 bits per heavy atom. The molecule has 1 unspecified atom stereocenters. The molecule has 1 atom stereocenters. The molecule has 3 aromatic rings. The van der Waals surface area contributed by atoms with Gasteiger partial charge in [0.2, 0.25) is 0 Å². The third-order valence-corrected chi connectivity index (χ3v) is 2.96. The predicted molar refractivity (Wildman–Crippen MR) is 71.0 cm³/mol. The summed E-state index contributed by atoms with van der Waals surface area (Å²) in [5.41, 5.74) is 8.88. The van der Waals surface area contributed by atoms with Gasteiger partial charge in [-0.15, -0.1) is 10.2 Å². The van der Waals surface area contributed by atoms with E-state index in [-0.39, 0.29) is 6.04 Å². The summed E-state index contributed by atoms with van der Waals surface area (Å²) < 4.78 is 2.01. The van der Waals surface area contributed by atoms with Crippen molar-refractivity contribution in [3.63, 3.8) is 0 Å². The van der Waals surface area contributed by atoms with Gasteiger partial charge in [0.05, 0.1) is 0 Å². The zero-order valence-corrected chi connectivity index (χ0v) is 10.1. The minimum atomic E-state index is -0.0628. The van der Waals surface area contributed by atoms with E-state index in [1.165, 1.54) is 0 Å². The molecule has 2 aromatic heterocycles. The molecule has 2 N–H and O–H groups in total. The van der Waals surface area contributed by atoms with E-state index in [0.717, 1.165) is 22.7 Å². The van der Waals surface area contributed by atoms with Gasteiger partial charge in [0.1, 0.15) is 0 Å². The molecular formula is C14H14N4. The second-order valence-corrected chi connectivity index (χ2v) is 4.32. The van der Waals surface area contributed by atoms with Crippen molar-refractivity contribution >= 4 is 5.65 Å². The van der Waals surface area contributed by atoms with E-state index in [1.807, 2.05) is 59.9 Å². The molecule has 0 bridgehead atoms. The van der Waals surface area contributed by atoms with Gasteiger partial charge < -0.3 is 5.73 Å². The fraction of sp³-hybridized carbons (Fsp3) is 0.143. The Kier molecular flexibility index (Phi) is 2.57. The van der Waals surface area contributed by atoms with E-state index in [4.69, 9.17) is 5.73 Å². The molecule has 4 heteroatoms. The highest BCUT2D eigenvalue weighted by Gasteiger charge is 2.12. The monoisotopic (exact) mass is 238 g/mol. The molecule has 0 saturated heterocycles. The largest absolute Gasteiger partial charge is 0.323 e. The summed E-state index contributed by atoms with van der Waals surface area (Å²) in [6.07, 6.45) is 0. The Bertz CT molecular complexity index is 671. The summed E-state index contributed by atoms with van der Waals surface area (Å²) in [5.74, 6) is 0.832. The standard InChI is InChI=1S/C14H14N4/c1-10(15)12-8-5-9-13-16-17-14(18(12)13)11-6-3-2-4-7-11/h2-10H,15H2,1H3. The van der Waals surface area contributed by atoms with Crippen molar-refractivity contribution in [3.05, 3.63) is 54.2 Å². The topological polar surface area (TPSA) is 56.2 Å². The molecule has 0 aliphatic heterocycles. The zero-order chi connectivity index (χ0) is 12.5. The highest BCUT2D eigenvalue weighted by Crippen LogP contribution is 2.21. The van der Waals surface area contributed by atoms with E-state index in [2.05, 4.69) is 10.2 Å². The molecule has 0 amide bonds. The lowest BCUT2D eigenvalue weighted by Gasteiger charge is -2.10. The number of rotatable bonds is 2. The van der Waals surface area contributed by atoms with Crippen LogP contribution in [0.2, 0.25) is 0 Å². The van der Waals surface area contributed by atoms with Crippen LogP contribution < -0.4 is 5.73 Å². The van der Waals surface area contributed by atoms with Gasteiger partial charge in [-0.2, -0.15) is 0 Å². The summed E-state index contributed by atoms with van der Waals surface area (Å²) in [6, 6.07) is 15.8. The van der Waals surface area contributed by atoms with Crippen molar-refractivity contribution in [2.24, 2.45) is 5.73 Å². The molecule has 3 rings (SSSR count). The van der Waals surface area contributed by atoms with Crippen molar-refractivity contribution in [1.29, 1.82) is 0 Å². The molecule has 0 fully saturated rings. The molecule has 0 aliphatic rings. The Morgan fingerprint density at radius 3 is 2.50 bits per heavy atom. The Labute approximate surface area is 105 Å². The van der Waals surface area contributed by atoms with Crippen LogP contribution in [0.1, 0.15) is 18.7 Å². The number of fused-ring (bicyclic) bond motifs is 1. The van der Waals surface area contributed by atoms with Crippen molar-refractivity contribution in [3.8, 4) is 11.4 Å². The molecule has 0 spiro atoms. The summed E-state index contributed by atoms with van der Waals surface area (Å²) in [6.45, 7) is 1.96. The zero-order valence-electron chi connectivity index (χ0n) is 10.1. The quantitative estimate of drug-likeness (QED) is 0.746. The molecule has 1 aromatic carbocycles. The van der Waals surface area contributed by atoms with Crippen LogP contribution in [0.15, 0.2) is 48.5 Å². The number of hydrogen-bond donors (Lipinski definition) is 1. The minimum absolute atomic E-state index is 0.0628. The van der Waals surface area contributed by atoms with Crippen LogP contribution >= 0.6 is 0 Å².